The van der Waals surface area contributed by atoms with Gasteiger partial charge in [-0.25, -0.2) is 0 Å². The molecule has 1 aliphatic carbocycles. The van der Waals surface area contributed by atoms with Gasteiger partial charge in [-0.1, -0.05) is 26.0 Å². The van der Waals surface area contributed by atoms with Crippen molar-refractivity contribution in [2.45, 2.75) is 63.8 Å². The topological polar surface area (TPSA) is 21.3 Å². The van der Waals surface area contributed by atoms with E-state index in [1.807, 2.05) is 0 Å². The first kappa shape index (κ1) is 16.7. The summed E-state index contributed by atoms with van der Waals surface area (Å²) >= 11 is 2.12. The van der Waals surface area contributed by atoms with Crippen LogP contribution in [0.1, 0.15) is 58.1 Å². The Morgan fingerprint density at radius 1 is 1.24 bits per heavy atom. The molecule has 1 aromatic rings. The van der Waals surface area contributed by atoms with E-state index >= 15 is 0 Å². The summed E-state index contributed by atoms with van der Waals surface area (Å²) in [4.78, 5) is 0. The highest BCUT2D eigenvalue weighted by atomic mass is 32.2. The van der Waals surface area contributed by atoms with Gasteiger partial charge in [-0.05, 0) is 56.1 Å². The smallest absolute Gasteiger partial charge is 0.119 e. The Morgan fingerprint density at radius 2 is 2.00 bits per heavy atom. The maximum absolute atomic E-state index is 5.64. The van der Waals surface area contributed by atoms with Crippen molar-refractivity contribution in [3.63, 3.8) is 0 Å². The van der Waals surface area contributed by atoms with Crippen LogP contribution >= 0.6 is 11.8 Å². The van der Waals surface area contributed by atoms with Gasteiger partial charge in [-0.15, -0.1) is 0 Å². The maximum atomic E-state index is 5.64. The molecule has 0 spiro atoms. The van der Waals surface area contributed by atoms with Crippen LogP contribution in [0.2, 0.25) is 0 Å². The van der Waals surface area contributed by atoms with Gasteiger partial charge in [0.05, 0.1) is 6.61 Å². The van der Waals surface area contributed by atoms with E-state index in [2.05, 4.69) is 62.1 Å². The highest BCUT2D eigenvalue weighted by Crippen LogP contribution is 2.31. The highest BCUT2D eigenvalue weighted by molar-refractivity contribution is 7.99. The molecule has 0 bridgehead atoms. The third-order valence-electron chi connectivity index (χ3n) is 4.13. The van der Waals surface area contributed by atoms with E-state index in [4.69, 9.17) is 4.74 Å². The van der Waals surface area contributed by atoms with Crippen LogP contribution in [0.5, 0.6) is 5.75 Å². The lowest BCUT2D eigenvalue weighted by molar-refractivity contribution is 0.317. The lowest BCUT2D eigenvalue weighted by Crippen LogP contribution is -2.29. The number of nitrogens with one attached hydrogen (secondary N) is 1. The molecule has 2 nitrogen and oxygen atoms in total. The van der Waals surface area contributed by atoms with E-state index in [9.17, 15) is 0 Å². The molecule has 3 heteroatoms. The van der Waals surface area contributed by atoms with Gasteiger partial charge in [0.1, 0.15) is 5.75 Å². The van der Waals surface area contributed by atoms with E-state index in [0.29, 0.717) is 12.1 Å². The van der Waals surface area contributed by atoms with E-state index in [0.717, 1.165) is 24.0 Å². The molecule has 0 amide bonds. The van der Waals surface area contributed by atoms with Gasteiger partial charge < -0.3 is 10.1 Å². The van der Waals surface area contributed by atoms with Gasteiger partial charge in [0.15, 0.2) is 0 Å². The molecule has 3 unspecified atom stereocenters. The Bertz CT molecular complexity index is 406. The fourth-order valence-corrected chi connectivity index (χ4v) is 4.14. The molecule has 1 aliphatic rings. The molecule has 1 aromatic carbocycles. The normalized spacial score (nSPS) is 23.2. The minimum absolute atomic E-state index is 0.417. The molecule has 0 aliphatic heterocycles. The summed E-state index contributed by atoms with van der Waals surface area (Å²) in [5.41, 5.74) is 1.35. The average Bonchev–Trinajstić information content (AvgIpc) is 2.93. The fourth-order valence-electron chi connectivity index (χ4n) is 3.00. The number of hydrogen-bond donors (Lipinski definition) is 1. The van der Waals surface area contributed by atoms with Gasteiger partial charge in [-0.2, -0.15) is 11.8 Å². The van der Waals surface area contributed by atoms with Crippen molar-refractivity contribution in [3.05, 3.63) is 29.8 Å². The Balaban J connectivity index is 1.81. The van der Waals surface area contributed by atoms with Crippen LogP contribution in [0, 0.1) is 0 Å². The number of rotatable bonds is 8. The third-order valence-corrected chi connectivity index (χ3v) is 5.36. The highest BCUT2D eigenvalue weighted by Gasteiger charge is 2.25. The lowest BCUT2D eigenvalue weighted by Gasteiger charge is -2.20. The van der Waals surface area contributed by atoms with Crippen LogP contribution < -0.4 is 10.1 Å². The van der Waals surface area contributed by atoms with E-state index in [-0.39, 0.29) is 0 Å². The maximum Gasteiger partial charge on any atom is 0.119 e. The molecule has 0 radical (unpaired) electrons. The molecule has 1 fully saturated rings. The minimum atomic E-state index is 0.417. The summed E-state index contributed by atoms with van der Waals surface area (Å²) in [6, 6.07) is 9.66. The van der Waals surface area contributed by atoms with Gasteiger partial charge in [0.25, 0.3) is 0 Å². The standard InChI is InChI=1S/C18H29NOS/c1-4-12-20-17-9-6-15(7-10-17)14(3)19-16-8-11-18(13-16)21-5-2/h6-7,9-10,14,16,18-19H,4-5,8,11-13H2,1-3H3. The first-order valence-electron chi connectivity index (χ1n) is 8.33. The number of thioether (sulfide) groups is 1. The Labute approximate surface area is 134 Å². The van der Waals surface area contributed by atoms with Crippen LogP contribution in [0.3, 0.4) is 0 Å². The largest absolute Gasteiger partial charge is 0.494 e. The molecule has 3 atom stereocenters. The van der Waals surface area contributed by atoms with Crippen molar-refractivity contribution < 1.29 is 4.74 Å². The summed E-state index contributed by atoms with van der Waals surface area (Å²) in [6.45, 7) is 7.45. The van der Waals surface area contributed by atoms with Crippen molar-refractivity contribution in [2.24, 2.45) is 0 Å². The monoisotopic (exact) mass is 307 g/mol. The Morgan fingerprint density at radius 3 is 2.67 bits per heavy atom. The summed E-state index contributed by atoms with van der Waals surface area (Å²) in [7, 11) is 0. The molecule has 0 aromatic heterocycles. The second kappa shape index (κ2) is 8.70. The first-order chi connectivity index (χ1) is 10.2. The average molecular weight is 308 g/mol. The zero-order valence-electron chi connectivity index (χ0n) is 13.6. The molecule has 0 saturated heterocycles. The predicted molar refractivity (Wildman–Crippen MR) is 93.3 cm³/mol. The van der Waals surface area contributed by atoms with Crippen LogP contribution in [0.25, 0.3) is 0 Å². The summed E-state index contributed by atoms with van der Waals surface area (Å²) in [5.74, 6) is 2.22. The molecule has 0 heterocycles. The molecular formula is C18H29NOS. The fraction of sp³-hybridized carbons (Fsp3) is 0.667. The number of benzene rings is 1. The van der Waals surface area contributed by atoms with Crippen molar-refractivity contribution >= 4 is 11.8 Å². The predicted octanol–water partition coefficient (Wildman–Crippen LogP) is 4.80. The van der Waals surface area contributed by atoms with E-state index in [1.165, 1.54) is 30.6 Å². The Kier molecular flexibility index (Phi) is 6.91. The summed E-state index contributed by atoms with van der Waals surface area (Å²) < 4.78 is 5.64. The van der Waals surface area contributed by atoms with Crippen LogP contribution in [-0.4, -0.2) is 23.7 Å². The van der Waals surface area contributed by atoms with Crippen LogP contribution in [-0.2, 0) is 0 Å². The van der Waals surface area contributed by atoms with E-state index < -0.39 is 0 Å². The van der Waals surface area contributed by atoms with Gasteiger partial charge in [-0.3, -0.25) is 0 Å². The summed E-state index contributed by atoms with van der Waals surface area (Å²) in [6.07, 6.45) is 5.06. The second-order valence-corrected chi connectivity index (χ2v) is 7.47. The van der Waals surface area contributed by atoms with Gasteiger partial charge >= 0.3 is 0 Å². The van der Waals surface area contributed by atoms with Crippen molar-refractivity contribution in [2.75, 3.05) is 12.4 Å². The molecule has 1 saturated carbocycles. The molecule has 2 rings (SSSR count). The zero-order chi connectivity index (χ0) is 15.1. The van der Waals surface area contributed by atoms with Crippen molar-refractivity contribution in [1.82, 2.24) is 5.32 Å². The minimum Gasteiger partial charge on any atom is -0.494 e. The van der Waals surface area contributed by atoms with Crippen molar-refractivity contribution in [1.29, 1.82) is 0 Å². The Hall–Kier alpha value is -0.670. The van der Waals surface area contributed by atoms with Crippen LogP contribution in [0.4, 0.5) is 0 Å². The lowest BCUT2D eigenvalue weighted by atomic mass is 10.1. The SMILES string of the molecule is CCCOc1ccc(C(C)NC2CCC(SCC)C2)cc1. The van der Waals surface area contributed by atoms with Gasteiger partial charge in [0.2, 0.25) is 0 Å². The molecule has 1 N–H and O–H groups in total. The number of ether oxygens (including phenoxy) is 1. The molecule has 118 valence electrons. The van der Waals surface area contributed by atoms with Crippen LogP contribution in [0.15, 0.2) is 24.3 Å². The zero-order valence-corrected chi connectivity index (χ0v) is 14.4. The van der Waals surface area contributed by atoms with Crippen molar-refractivity contribution in [3.8, 4) is 5.75 Å². The quantitative estimate of drug-likeness (QED) is 0.745. The third kappa shape index (κ3) is 5.23. The molecule has 21 heavy (non-hydrogen) atoms. The van der Waals surface area contributed by atoms with Gasteiger partial charge in [0, 0.05) is 17.3 Å². The number of hydrogen-bond acceptors (Lipinski definition) is 3. The molecular weight excluding hydrogens is 278 g/mol. The van der Waals surface area contributed by atoms with E-state index in [1.54, 1.807) is 0 Å². The second-order valence-electron chi connectivity index (χ2n) is 5.89. The first-order valence-corrected chi connectivity index (χ1v) is 9.38. The summed E-state index contributed by atoms with van der Waals surface area (Å²) in [5, 5.41) is 4.66.